The number of amides is 1. The molecule has 1 atom stereocenters. The second kappa shape index (κ2) is 8.27. The van der Waals surface area contributed by atoms with Gasteiger partial charge in [0.25, 0.3) is 5.91 Å². The largest absolute Gasteiger partial charge is 0.330 e. The van der Waals surface area contributed by atoms with E-state index in [1.165, 1.54) is 9.80 Å². The lowest BCUT2D eigenvalue weighted by atomic mass is 10.2. The third kappa shape index (κ3) is 4.25. The van der Waals surface area contributed by atoms with Gasteiger partial charge in [0, 0.05) is 29.1 Å². The minimum absolute atomic E-state index is 0.233. The molecule has 0 bridgehead atoms. The molecule has 2 aliphatic heterocycles. The first kappa shape index (κ1) is 18.3. The molecule has 27 heavy (non-hydrogen) atoms. The van der Waals surface area contributed by atoms with Crippen LogP contribution >= 0.6 is 11.8 Å². The maximum Gasteiger partial charge on any atom is 0.282 e. The lowest BCUT2D eigenvalue weighted by Crippen LogP contribution is -3.16. The van der Waals surface area contributed by atoms with Crippen LogP contribution in [-0.2, 0) is 4.79 Å². The van der Waals surface area contributed by atoms with Crippen molar-refractivity contribution in [1.82, 2.24) is 9.97 Å². The standard InChI is InChI=1S/C20H25N5OS/c1-16-7-10-25(17-5-2-3-6-18(17)27-16)19(26)15-23-11-13-24(14-12-23)20-21-8-4-9-22-20/h2-6,8-9,16H,7,10-15H2,1H3/p+1/t16-/m1/s1. The second-order valence-corrected chi connectivity index (χ2v) is 8.67. The Kier molecular flexibility index (Phi) is 5.59. The number of anilines is 2. The molecule has 2 aromatic rings. The molecule has 1 N–H and O–H groups in total. The van der Waals surface area contributed by atoms with E-state index in [0.29, 0.717) is 11.8 Å². The van der Waals surface area contributed by atoms with Crippen molar-refractivity contribution in [3.63, 3.8) is 0 Å². The Morgan fingerprint density at radius 2 is 1.89 bits per heavy atom. The maximum atomic E-state index is 13.1. The fourth-order valence-electron chi connectivity index (χ4n) is 3.71. The number of benzene rings is 1. The van der Waals surface area contributed by atoms with Gasteiger partial charge in [0.2, 0.25) is 5.95 Å². The summed E-state index contributed by atoms with van der Waals surface area (Å²) in [5.41, 5.74) is 1.08. The number of carbonyl (C=O) groups excluding carboxylic acids is 1. The predicted molar refractivity (Wildman–Crippen MR) is 109 cm³/mol. The van der Waals surface area contributed by atoms with Crippen LogP contribution in [0.15, 0.2) is 47.6 Å². The summed E-state index contributed by atoms with van der Waals surface area (Å²) in [5, 5.41) is 0.533. The molecule has 1 fully saturated rings. The van der Waals surface area contributed by atoms with E-state index in [1.54, 1.807) is 12.4 Å². The lowest BCUT2D eigenvalue weighted by Gasteiger charge is -2.33. The molecule has 1 aromatic carbocycles. The van der Waals surface area contributed by atoms with Crippen LogP contribution < -0.4 is 14.7 Å². The molecule has 0 unspecified atom stereocenters. The molecule has 4 rings (SSSR count). The topological polar surface area (TPSA) is 53.8 Å². The third-order valence-electron chi connectivity index (χ3n) is 5.25. The summed E-state index contributed by atoms with van der Waals surface area (Å²) in [4.78, 5) is 28.5. The van der Waals surface area contributed by atoms with Crippen LogP contribution in [-0.4, -0.2) is 60.4 Å². The molecule has 1 aromatic heterocycles. The molecule has 0 saturated carbocycles. The van der Waals surface area contributed by atoms with Gasteiger partial charge in [-0.2, -0.15) is 0 Å². The lowest BCUT2D eigenvalue weighted by molar-refractivity contribution is -0.892. The molecule has 7 heteroatoms. The zero-order chi connectivity index (χ0) is 18.6. The fraction of sp³-hybridized carbons (Fsp3) is 0.450. The molecule has 1 amide bonds. The Morgan fingerprint density at radius 1 is 1.15 bits per heavy atom. The first-order chi connectivity index (χ1) is 13.2. The van der Waals surface area contributed by atoms with Crippen molar-refractivity contribution in [2.75, 3.05) is 49.1 Å². The molecule has 2 aliphatic rings. The quantitative estimate of drug-likeness (QED) is 0.859. The van der Waals surface area contributed by atoms with Crippen LogP contribution in [0.25, 0.3) is 0 Å². The van der Waals surface area contributed by atoms with Gasteiger partial charge in [-0.15, -0.1) is 11.8 Å². The number of rotatable bonds is 3. The highest BCUT2D eigenvalue weighted by Gasteiger charge is 2.29. The van der Waals surface area contributed by atoms with E-state index in [0.717, 1.165) is 50.8 Å². The monoisotopic (exact) mass is 384 g/mol. The van der Waals surface area contributed by atoms with Gasteiger partial charge in [0.05, 0.1) is 31.9 Å². The molecule has 0 radical (unpaired) electrons. The predicted octanol–water partition coefficient (Wildman–Crippen LogP) is 1.10. The van der Waals surface area contributed by atoms with E-state index in [1.807, 2.05) is 28.8 Å². The highest BCUT2D eigenvalue weighted by atomic mass is 32.2. The van der Waals surface area contributed by atoms with E-state index < -0.39 is 0 Å². The number of carbonyl (C=O) groups is 1. The minimum Gasteiger partial charge on any atom is -0.330 e. The van der Waals surface area contributed by atoms with Gasteiger partial charge in [-0.3, -0.25) is 4.79 Å². The SMILES string of the molecule is C[C@@H]1CCN(C(=O)C[NH+]2CCN(c3ncccn3)CC2)c2ccccc2S1. The Balaban J connectivity index is 1.39. The first-order valence-corrected chi connectivity index (χ1v) is 10.5. The van der Waals surface area contributed by atoms with E-state index in [-0.39, 0.29) is 5.91 Å². The molecule has 6 nitrogen and oxygen atoms in total. The summed E-state index contributed by atoms with van der Waals surface area (Å²) in [5.74, 6) is 1.02. The molecule has 1 saturated heterocycles. The van der Waals surface area contributed by atoms with Crippen molar-refractivity contribution in [2.45, 2.75) is 23.5 Å². The van der Waals surface area contributed by atoms with Crippen LogP contribution in [0.4, 0.5) is 11.6 Å². The Labute approximate surface area is 164 Å². The van der Waals surface area contributed by atoms with Crippen LogP contribution in [0.2, 0.25) is 0 Å². The zero-order valence-electron chi connectivity index (χ0n) is 15.7. The van der Waals surface area contributed by atoms with Crippen molar-refractivity contribution in [1.29, 1.82) is 0 Å². The van der Waals surface area contributed by atoms with Gasteiger partial charge < -0.3 is 14.7 Å². The van der Waals surface area contributed by atoms with Crippen molar-refractivity contribution >= 4 is 29.3 Å². The Morgan fingerprint density at radius 3 is 2.67 bits per heavy atom. The fourth-order valence-corrected chi connectivity index (χ4v) is 4.82. The number of para-hydroxylation sites is 1. The molecular weight excluding hydrogens is 358 g/mol. The number of nitrogens with one attached hydrogen (secondary N) is 1. The van der Waals surface area contributed by atoms with Crippen LogP contribution in [0, 0.1) is 0 Å². The first-order valence-electron chi connectivity index (χ1n) is 9.62. The van der Waals surface area contributed by atoms with Gasteiger partial charge in [-0.25, -0.2) is 9.97 Å². The molecular formula is C20H26N5OS+. The highest BCUT2D eigenvalue weighted by molar-refractivity contribution is 8.00. The Hall–Kier alpha value is -2.12. The number of thioether (sulfide) groups is 1. The highest BCUT2D eigenvalue weighted by Crippen LogP contribution is 2.37. The molecule has 0 aliphatic carbocycles. The third-order valence-corrected chi connectivity index (χ3v) is 6.49. The van der Waals surface area contributed by atoms with E-state index >= 15 is 0 Å². The van der Waals surface area contributed by atoms with Gasteiger partial charge in [-0.1, -0.05) is 19.1 Å². The Bertz CT molecular complexity index is 779. The van der Waals surface area contributed by atoms with Gasteiger partial charge in [0.15, 0.2) is 6.54 Å². The van der Waals surface area contributed by atoms with Gasteiger partial charge >= 0.3 is 0 Å². The molecule has 0 spiro atoms. The zero-order valence-corrected chi connectivity index (χ0v) is 16.5. The van der Waals surface area contributed by atoms with Crippen LogP contribution in [0.1, 0.15) is 13.3 Å². The van der Waals surface area contributed by atoms with E-state index in [2.05, 4.69) is 40.0 Å². The summed E-state index contributed by atoms with van der Waals surface area (Å²) in [6, 6.07) is 10.1. The minimum atomic E-state index is 0.233. The van der Waals surface area contributed by atoms with Crippen LogP contribution in [0.5, 0.6) is 0 Å². The summed E-state index contributed by atoms with van der Waals surface area (Å²) in [6.07, 6.45) is 4.58. The number of fused-ring (bicyclic) bond motifs is 1. The number of nitrogens with zero attached hydrogens (tertiary/aromatic N) is 4. The molecule has 142 valence electrons. The van der Waals surface area contributed by atoms with Crippen molar-refractivity contribution < 1.29 is 9.69 Å². The van der Waals surface area contributed by atoms with Crippen molar-refractivity contribution in [3.05, 3.63) is 42.7 Å². The number of aromatic nitrogens is 2. The summed E-state index contributed by atoms with van der Waals surface area (Å²) < 4.78 is 0. The maximum absolute atomic E-state index is 13.1. The van der Waals surface area contributed by atoms with Gasteiger partial charge in [-0.05, 0) is 24.6 Å². The van der Waals surface area contributed by atoms with E-state index in [9.17, 15) is 4.79 Å². The second-order valence-electron chi connectivity index (χ2n) is 7.19. The van der Waals surface area contributed by atoms with E-state index in [4.69, 9.17) is 0 Å². The number of quaternary nitrogens is 1. The number of hydrogen-bond donors (Lipinski definition) is 1. The van der Waals surface area contributed by atoms with Crippen molar-refractivity contribution in [3.8, 4) is 0 Å². The smallest absolute Gasteiger partial charge is 0.282 e. The van der Waals surface area contributed by atoms with Crippen LogP contribution in [0.3, 0.4) is 0 Å². The van der Waals surface area contributed by atoms with Gasteiger partial charge in [0.1, 0.15) is 0 Å². The summed E-state index contributed by atoms with van der Waals surface area (Å²) in [7, 11) is 0. The average Bonchev–Trinajstić information content (AvgIpc) is 2.87. The average molecular weight is 385 g/mol. The summed E-state index contributed by atoms with van der Waals surface area (Å²) in [6.45, 7) is 7.24. The molecule has 3 heterocycles. The van der Waals surface area contributed by atoms with Crippen molar-refractivity contribution in [2.24, 2.45) is 0 Å². The summed E-state index contributed by atoms with van der Waals surface area (Å²) >= 11 is 1.88. The number of hydrogen-bond acceptors (Lipinski definition) is 5. The number of piperazine rings is 1. The normalized spacial score (nSPS) is 20.9.